The van der Waals surface area contributed by atoms with E-state index in [-0.39, 0.29) is 0 Å². The highest BCUT2D eigenvalue weighted by atomic mass is 15.2. The summed E-state index contributed by atoms with van der Waals surface area (Å²) in [5.74, 6) is 0. The first-order valence-corrected chi connectivity index (χ1v) is 10.9. The van der Waals surface area contributed by atoms with E-state index in [1.807, 2.05) is 0 Å². The zero-order chi connectivity index (χ0) is 20.4. The lowest BCUT2D eigenvalue weighted by atomic mass is 9.95. The van der Waals surface area contributed by atoms with Crippen LogP contribution in [0.25, 0.3) is 22.3 Å². The maximum Gasteiger partial charge on any atom is 0.0763 e. The number of nitrogens with zero attached hydrogens (tertiary/aromatic N) is 2. The van der Waals surface area contributed by atoms with E-state index >= 15 is 0 Å². The van der Waals surface area contributed by atoms with Gasteiger partial charge in [0.05, 0.1) is 11.4 Å². The Kier molecular flexibility index (Phi) is 3.48. The zero-order valence-electron chi connectivity index (χ0n) is 17.1. The lowest BCUT2D eigenvalue weighted by Crippen LogP contribution is -2.06. The minimum absolute atomic E-state index is 0.779. The van der Waals surface area contributed by atoms with Crippen molar-refractivity contribution in [3.63, 3.8) is 0 Å². The third-order valence-electron chi connectivity index (χ3n) is 6.89. The summed E-state index contributed by atoms with van der Waals surface area (Å²) in [5.41, 5.74) is 15.5. The molecular weight excluding hydrogens is 376 g/mol. The van der Waals surface area contributed by atoms with Crippen LogP contribution >= 0.6 is 0 Å². The van der Waals surface area contributed by atoms with Gasteiger partial charge in [0.15, 0.2) is 0 Å². The Hall–Kier alpha value is -3.78. The van der Waals surface area contributed by atoms with E-state index in [1.165, 1.54) is 55.6 Å². The fourth-order valence-corrected chi connectivity index (χ4v) is 5.28. The van der Waals surface area contributed by atoms with Gasteiger partial charge in [0.25, 0.3) is 0 Å². The molecule has 0 aromatic heterocycles. The molecule has 2 heteroatoms. The SMILES string of the molecule is c1ccc2c(c1)Cc1ccc(C3=NN=C(c4ccc5c(c4)-c4ccccc4C5)C3)cc1-2. The summed E-state index contributed by atoms with van der Waals surface area (Å²) in [7, 11) is 0. The van der Waals surface area contributed by atoms with E-state index in [0.717, 1.165) is 30.7 Å². The summed E-state index contributed by atoms with van der Waals surface area (Å²) in [6, 6.07) is 31.0. The molecular formula is C29H20N2. The summed E-state index contributed by atoms with van der Waals surface area (Å²) >= 11 is 0. The van der Waals surface area contributed by atoms with Crippen molar-refractivity contribution in [1.29, 1.82) is 0 Å². The molecule has 1 aliphatic heterocycles. The van der Waals surface area contributed by atoms with Crippen molar-refractivity contribution >= 4 is 11.4 Å². The van der Waals surface area contributed by atoms with Crippen LogP contribution in [0.15, 0.2) is 95.1 Å². The molecule has 1 heterocycles. The first-order chi connectivity index (χ1) is 15.3. The Morgan fingerprint density at radius 1 is 0.419 bits per heavy atom. The van der Waals surface area contributed by atoms with Crippen molar-refractivity contribution in [3.05, 3.63) is 118 Å². The largest absolute Gasteiger partial charge is 0.154 e. The van der Waals surface area contributed by atoms with E-state index in [1.54, 1.807) is 0 Å². The molecule has 2 aliphatic carbocycles. The van der Waals surface area contributed by atoms with Crippen molar-refractivity contribution in [3.8, 4) is 22.3 Å². The van der Waals surface area contributed by atoms with Gasteiger partial charge in [0, 0.05) is 6.42 Å². The molecule has 0 N–H and O–H groups in total. The maximum absolute atomic E-state index is 4.59. The van der Waals surface area contributed by atoms with Gasteiger partial charge in [-0.15, -0.1) is 0 Å². The number of benzene rings is 4. The standard InChI is InChI=1S/C29H20N2/c1-3-7-24-18(5-1)13-20-9-11-22(15-26(20)24)28-17-29(31-30-28)23-12-10-21-14-19-6-2-4-8-25(19)27(21)16-23/h1-12,15-16H,13-14,17H2. The minimum atomic E-state index is 0.779. The Labute approximate surface area is 181 Å². The molecule has 0 spiro atoms. The van der Waals surface area contributed by atoms with Gasteiger partial charge in [-0.25, -0.2) is 0 Å². The molecule has 0 fully saturated rings. The van der Waals surface area contributed by atoms with Gasteiger partial charge in [0.1, 0.15) is 0 Å². The highest BCUT2D eigenvalue weighted by Crippen LogP contribution is 2.39. The van der Waals surface area contributed by atoms with Gasteiger partial charge in [-0.1, -0.05) is 72.8 Å². The fourth-order valence-electron chi connectivity index (χ4n) is 5.28. The van der Waals surface area contributed by atoms with Gasteiger partial charge < -0.3 is 0 Å². The smallest absolute Gasteiger partial charge is 0.0763 e. The molecule has 2 nitrogen and oxygen atoms in total. The van der Waals surface area contributed by atoms with Gasteiger partial charge in [-0.05, 0) is 80.6 Å². The van der Waals surface area contributed by atoms with Crippen LogP contribution in [0.3, 0.4) is 0 Å². The second-order valence-corrected chi connectivity index (χ2v) is 8.68. The number of hydrogen-bond acceptors (Lipinski definition) is 2. The third kappa shape index (κ3) is 2.58. The van der Waals surface area contributed by atoms with E-state index in [2.05, 4.69) is 95.1 Å². The van der Waals surface area contributed by atoms with Crippen molar-refractivity contribution in [2.75, 3.05) is 0 Å². The quantitative estimate of drug-likeness (QED) is 0.322. The second kappa shape index (κ2) is 6.36. The Balaban J connectivity index is 1.19. The molecule has 3 aliphatic rings. The summed E-state index contributed by atoms with van der Waals surface area (Å²) < 4.78 is 0. The normalized spacial score (nSPS) is 15.1. The molecule has 7 rings (SSSR count). The van der Waals surface area contributed by atoms with E-state index in [9.17, 15) is 0 Å². The van der Waals surface area contributed by atoms with Crippen molar-refractivity contribution < 1.29 is 0 Å². The van der Waals surface area contributed by atoms with Crippen LogP contribution in [0.4, 0.5) is 0 Å². The summed E-state index contributed by atoms with van der Waals surface area (Å²) in [5, 5.41) is 9.18. The summed E-state index contributed by atoms with van der Waals surface area (Å²) in [6.45, 7) is 0. The molecule has 0 saturated heterocycles. The molecule has 0 atom stereocenters. The van der Waals surface area contributed by atoms with Crippen LogP contribution in [0.1, 0.15) is 39.8 Å². The molecule has 0 radical (unpaired) electrons. The first kappa shape index (κ1) is 17.0. The Bertz CT molecular complexity index is 1340. The van der Waals surface area contributed by atoms with Crippen LogP contribution in [-0.2, 0) is 12.8 Å². The number of rotatable bonds is 2. The van der Waals surface area contributed by atoms with Crippen LogP contribution in [-0.4, -0.2) is 11.4 Å². The van der Waals surface area contributed by atoms with Crippen LogP contribution in [0.2, 0.25) is 0 Å². The van der Waals surface area contributed by atoms with Gasteiger partial charge in [-0.3, -0.25) is 0 Å². The summed E-state index contributed by atoms with van der Waals surface area (Å²) in [4.78, 5) is 0. The number of hydrogen-bond donors (Lipinski definition) is 0. The Morgan fingerprint density at radius 2 is 0.871 bits per heavy atom. The summed E-state index contributed by atoms with van der Waals surface area (Å²) in [6.07, 6.45) is 2.83. The predicted molar refractivity (Wildman–Crippen MR) is 127 cm³/mol. The van der Waals surface area contributed by atoms with Crippen molar-refractivity contribution in [1.82, 2.24) is 0 Å². The Morgan fingerprint density at radius 3 is 1.39 bits per heavy atom. The molecule has 0 unspecified atom stereocenters. The average Bonchev–Trinajstić information content (AvgIpc) is 3.53. The first-order valence-electron chi connectivity index (χ1n) is 10.9. The minimum Gasteiger partial charge on any atom is -0.154 e. The lowest BCUT2D eigenvalue weighted by molar-refractivity contribution is 1.25. The third-order valence-corrected chi connectivity index (χ3v) is 6.89. The van der Waals surface area contributed by atoms with Crippen molar-refractivity contribution in [2.24, 2.45) is 10.2 Å². The molecule has 146 valence electrons. The fraction of sp³-hybridized carbons (Fsp3) is 0.103. The van der Waals surface area contributed by atoms with Crippen LogP contribution < -0.4 is 0 Å². The zero-order valence-corrected chi connectivity index (χ0v) is 17.1. The predicted octanol–water partition coefficient (Wildman–Crippen LogP) is 6.43. The monoisotopic (exact) mass is 396 g/mol. The van der Waals surface area contributed by atoms with E-state index in [4.69, 9.17) is 0 Å². The molecule has 31 heavy (non-hydrogen) atoms. The molecule has 4 aromatic carbocycles. The molecule has 0 bridgehead atoms. The molecule has 0 amide bonds. The topological polar surface area (TPSA) is 24.7 Å². The van der Waals surface area contributed by atoms with Gasteiger partial charge in [0.2, 0.25) is 0 Å². The highest BCUT2D eigenvalue weighted by Gasteiger charge is 2.23. The maximum atomic E-state index is 4.59. The van der Waals surface area contributed by atoms with Crippen LogP contribution in [0, 0.1) is 0 Å². The average molecular weight is 396 g/mol. The lowest BCUT2D eigenvalue weighted by Gasteiger charge is -2.07. The van der Waals surface area contributed by atoms with Crippen LogP contribution in [0.5, 0.6) is 0 Å². The van der Waals surface area contributed by atoms with Gasteiger partial charge in [-0.2, -0.15) is 10.2 Å². The van der Waals surface area contributed by atoms with E-state index < -0.39 is 0 Å². The van der Waals surface area contributed by atoms with E-state index in [0.29, 0.717) is 0 Å². The number of fused-ring (bicyclic) bond motifs is 6. The highest BCUT2D eigenvalue weighted by molar-refractivity contribution is 6.20. The second-order valence-electron chi connectivity index (χ2n) is 8.68. The molecule has 0 saturated carbocycles. The molecule has 4 aromatic rings. The van der Waals surface area contributed by atoms with Gasteiger partial charge >= 0.3 is 0 Å². The van der Waals surface area contributed by atoms with Crippen molar-refractivity contribution in [2.45, 2.75) is 19.3 Å².